The van der Waals surface area contributed by atoms with Gasteiger partial charge in [0, 0.05) is 17.6 Å². The normalized spacial score (nSPS) is 20.7. The number of nitrogens with zero attached hydrogens (tertiary/aromatic N) is 2. The van der Waals surface area contributed by atoms with Crippen LogP contribution in [0.2, 0.25) is 5.02 Å². The highest BCUT2D eigenvalue weighted by Crippen LogP contribution is 2.40. The van der Waals surface area contributed by atoms with Gasteiger partial charge in [0.15, 0.2) is 0 Å². The zero-order valence-electron chi connectivity index (χ0n) is 18.5. The minimum Gasteiger partial charge on any atom is -0.351 e. The smallest absolute Gasteiger partial charge is 0.322 e. The van der Waals surface area contributed by atoms with Crippen LogP contribution in [0.15, 0.2) is 78.5 Å². The maximum atomic E-state index is 13.9. The minimum absolute atomic E-state index is 0.150. The Morgan fingerprint density at radius 2 is 1.85 bits per heavy atom. The van der Waals surface area contributed by atoms with Gasteiger partial charge in [-0.15, -0.1) is 6.58 Å². The maximum Gasteiger partial charge on any atom is 0.322 e. The number of carbonyl (C=O) groups excluding carboxylic acids is 3. The summed E-state index contributed by atoms with van der Waals surface area (Å²) in [6.45, 7) is 4.16. The summed E-state index contributed by atoms with van der Waals surface area (Å²) in [5.74, 6) is -0.483. The van der Waals surface area contributed by atoms with Crippen molar-refractivity contribution in [1.82, 2.24) is 20.4 Å². The summed E-state index contributed by atoms with van der Waals surface area (Å²) in [6, 6.07) is 14.7. The van der Waals surface area contributed by atoms with E-state index in [0.717, 1.165) is 24.0 Å². The van der Waals surface area contributed by atoms with Gasteiger partial charge in [0.05, 0.1) is 23.9 Å². The van der Waals surface area contributed by atoms with Crippen LogP contribution < -0.4 is 10.6 Å². The summed E-state index contributed by atoms with van der Waals surface area (Å²) < 4.78 is 0. The molecule has 2 atom stereocenters. The van der Waals surface area contributed by atoms with Crippen LogP contribution in [0.1, 0.15) is 36.1 Å². The highest BCUT2D eigenvalue weighted by atomic mass is 35.5. The molecule has 1 fully saturated rings. The first-order valence-corrected chi connectivity index (χ1v) is 11.7. The fraction of sp³-hybridized carbons (Fsp3) is 0.269. The molecular weight excluding hydrogens is 452 g/mol. The van der Waals surface area contributed by atoms with Gasteiger partial charge in [-0.2, -0.15) is 0 Å². The molecule has 0 aromatic heterocycles. The SMILES string of the molecule is C=CCN1C(=O)N[C@H](c2ccc(Cl)cc2)C2=C1CN([C@@H](C(=O)NC1CC1)c1ccccc1)C2=O. The molecule has 3 aliphatic rings. The number of benzene rings is 2. The van der Waals surface area contributed by atoms with Crippen molar-refractivity contribution in [3.63, 3.8) is 0 Å². The lowest BCUT2D eigenvalue weighted by molar-refractivity contribution is -0.136. The van der Waals surface area contributed by atoms with Crippen molar-refractivity contribution in [1.29, 1.82) is 0 Å². The largest absolute Gasteiger partial charge is 0.351 e. The van der Waals surface area contributed by atoms with Crippen LogP contribution >= 0.6 is 11.6 Å². The number of nitrogens with one attached hydrogen (secondary N) is 2. The molecule has 0 bridgehead atoms. The highest BCUT2D eigenvalue weighted by molar-refractivity contribution is 6.30. The Kier molecular flexibility index (Phi) is 5.87. The summed E-state index contributed by atoms with van der Waals surface area (Å²) in [6.07, 6.45) is 3.51. The second kappa shape index (κ2) is 8.99. The van der Waals surface area contributed by atoms with E-state index >= 15 is 0 Å². The standard InChI is InChI=1S/C26H25ClN4O3/c1-2-14-30-20-15-31(23(17-6-4-3-5-7-17)24(32)28-19-12-13-19)25(33)21(20)22(29-26(30)34)16-8-10-18(27)11-9-16/h2-11,19,22-23H,1,12-15H2,(H,28,32)(H,29,34)/t22-,23-/m1/s1. The molecule has 4 amide bonds. The monoisotopic (exact) mass is 476 g/mol. The van der Waals surface area contributed by atoms with Gasteiger partial charge in [0.2, 0.25) is 5.91 Å². The number of rotatable bonds is 7. The third kappa shape index (κ3) is 4.07. The van der Waals surface area contributed by atoms with Crippen molar-refractivity contribution in [3.8, 4) is 0 Å². The molecule has 1 aliphatic carbocycles. The molecule has 8 heteroatoms. The lowest BCUT2D eigenvalue weighted by Crippen LogP contribution is -2.47. The molecule has 2 aliphatic heterocycles. The van der Waals surface area contributed by atoms with Crippen molar-refractivity contribution in [2.45, 2.75) is 31.0 Å². The van der Waals surface area contributed by atoms with Gasteiger partial charge in [-0.05, 0) is 36.1 Å². The molecule has 0 unspecified atom stereocenters. The maximum absolute atomic E-state index is 13.9. The summed E-state index contributed by atoms with van der Waals surface area (Å²) in [5.41, 5.74) is 2.53. The first-order chi connectivity index (χ1) is 16.5. The van der Waals surface area contributed by atoms with Gasteiger partial charge in [-0.1, -0.05) is 60.1 Å². The summed E-state index contributed by atoms with van der Waals surface area (Å²) in [7, 11) is 0. The number of carbonyl (C=O) groups is 3. The molecule has 2 heterocycles. The van der Waals surface area contributed by atoms with E-state index < -0.39 is 12.1 Å². The van der Waals surface area contributed by atoms with E-state index in [2.05, 4.69) is 17.2 Å². The summed E-state index contributed by atoms with van der Waals surface area (Å²) in [4.78, 5) is 43.4. The van der Waals surface area contributed by atoms with Crippen molar-refractivity contribution in [3.05, 3.63) is 94.7 Å². The molecule has 0 spiro atoms. The van der Waals surface area contributed by atoms with Gasteiger partial charge in [-0.3, -0.25) is 14.5 Å². The van der Waals surface area contributed by atoms with Crippen LogP contribution in [0.3, 0.4) is 0 Å². The minimum atomic E-state index is -0.800. The van der Waals surface area contributed by atoms with Crippen molar-refractivity contribution in [2.24, 2.45) is 0 Å². The van der Waals surface area contributed by atoms with Crippen molar-refractivity contribution >= 4 is 29.4 Å². The number of hydrogen-bond donors (Lipinski definition) is 2. The fourth-order valence-electron chi connectivity index (χ4n) is 4.57. The Morgan fingerprint density at radius 3 is 2.50 bits per heavy atom. The molecule has 7 nitrogen and oxygen atoms in total. The number of hydrogen-bond acceptors (Lipinski definition) is 3. The summed E-state index contributed by atoms with van der Waals surface area (Å²) >= 11 is 6.06. The molecule has 0 radical (unpaired) electrons. The number of urea groups is 1. The molecule has 5 rings (SSSR count). The Morgan fingerprint density at radius 1 is 1.15 bits per heavy atom. The van der Waals surface area contributed by atoms with Crippen molar-refractivity contribution in [2.75, 3.05) is 13.1 Å². The van der Waals surface area contributed by atoms with Gasteiger partial charge < -0.3 is 15.5 Å². The van der Waals surface area contributed by atoms with Gasteiger partial charge in [-0.25, -0.2) is 4.79 Å². The number of halogens is 1. The topological polar surface area (TPSA) is 81.8 Å². The van der Waals surface area contributed by atoms with Gasteiger partial charge in [0.1, 0.15) is 6.04 Å². The van der Waals surface area contributed by atoms with E-state index in [-0.39, 0.29) is 37.0 Å². The second-order valence-corrected chi connectivity index (χ2v) is 9.16. The van der Waals surface area contributed by atoms with Crippen LogP contribution in [-0.2, 0) is 9.59 Å². The van der Waals surface area contributed by atoms with Crippen molar-refractivity contribution < 1.29 is 14.4 Å². The zero-order valence-corrected chi connectivity index (χ0v) is 19.3. The fourth-order valence-corrected chi connectivity index (χ4v) is 4.69. The Labute approximate surface area is 203 Å². The molecule has 34 heavy (non-hydrogen) atoms. The predicted octanol–water partition coefficient (Wildman–Crippen LogP) is 3.71. The van der Waals surface area contributed by atoms with E-state index in [0.29, 0.717) is 16.3 Å². The summed E-state index contributed by atoms with van der Waals surface area (Å²) in [5, 5.41) is 6.56. The second-order valence-electron chi connectivity index (χ2n) is 8.72. The molecule has 174 valence electrons. The molecule has 0 saturated heterocycles. The van der Waals surface area contributed by atoms with E-state index in [1.165, 1.54) is 4.90 Å². The van der Waals surface area contributed by atoms with Crippen LogP contribution in [0.4, 0.5) is 4.79 Å². The van der Waals surface area contributed by atoms with Crippen LogP contribution in [0.5, 0.6) is 0 Å². The lowest BCUT2D eigenvalue weighted by Gasteiger charge is -2.33. The molecule has 2 aromatic carbocycles. The average Bonchev–Trinajstić information content (AvgIpc) is 3.59. The first kappa shape index (κ1) is 22.2. The third-order valence-electron chi connectivity index (χ3n) is 6.36. The number of amides is 4. The lowest BCUT2D eigenvalue weighted by atomic mass is 9.95. The van der Waals surface area contributed by atoms with E-state index in [1.54, 1.807) is 35.2 Å². The molecular formula is C26H25ClN4O3. The molecule has 2 aromatic rings. The Balaban J connectivity index is 1.55. The predicted molar refractivity (Wildman–Crippen MR) is 129 cm³/mol. The Bertz CT molecular complexity index is 1170. The van der Waals surface area contributed by atoms with E-state index in [9.17, 15) is 14.4 Å². The van der Waals surface area contributed by atoms with Crippen LogP contribution in [0, 0.1) is 0 Å². The van der Waals surface area contributed by atoms with Gasteiger partial charge in [0.25, 0.3) is 5.91 Å². The Hall–Kier alpha value is -3.58. The highest BCUT2D eigenvalue weighted by Gasteiger charge is 2.47. The van der Waals surface area contributed by atoms with E-state index in [4.69, 9.17) is 11.6 Å². The van der Waals surface area contributed by atoms with E-state index in [1.807, 2.05) is 30.3 Å². The average molecular weight is 477 g/mol. The third-order valence-corrected chi connectivity index (χ3v) is 6.62. The first-order valence-electron chi connectivity index (χ1n) is 11.3. The molecule has 2 N–H and O–H groups in total. The zero-order chi connectivity index (χ0) is 23.8. The van der Waals surface area contributed by atoms with Gasteiger partial charge >= 0.3 is 6.03 Å². The van der Waals surface area contributed by atoms with Crippen LogP contribution in [0.25, 0.3) is 0 Å². The van der Waals surface area contributed by atoms with Crippen LogP contribution in [-0.4, -0.2) is 46.8 Å². The quantitative estimate of drug-likeness (QED) is 0.598. The molecule has 1 saturated carbocycles.